The standard InChI is InChI=1S/C14H20BrNO/c1-17-12-4-5-13(15)11(8-12)9-14(10-16)6-2-3-7-14/h4-5,8H,2-3,6-7,9-10,16H2,1H3. The van der Waals surface area contributed by atoms with Gasteiger partial charge in [0.15, 0.2) is 0 Å². The van der Waals surface area contributed by atoms with Crippen LogP contribution in [0.4, 0.5) is 0 Å². The fraction of sp³-hybridized carbons (Fsp3) is 0.571. The Bertz CT molecular complexity index is 386. The number of hydrogen-bond acceptors (Lipinski definition) is 2. The molecule has 2 rings (SSSR count). The van der Waals surface area contributed by atoms with E-state index in [1.54, 1.807) is 7.11 Å². The van der Waals surface area contributed by atoms with Gasteiger partial charge in [-0.25, -0.2) is 0 Å². The van der Waals surface area contributed by atoms with Crippen LogP contribution in [0.5, 0.6) is 5.75 Å². The van der Waals surface area contributed by atoms with Crippen molar-refractivity contribution in [2.24, 2.45) is 11.1 Å². The van der Waals surface area contributed by atoms with Crippen LogP contribution in [0.25, 0.3) is 0 Å². The lowest BCUT2D eigenvalue weighted by Gasteiger charge is -2.27. The normalized spacial score (nSPS) is 18.3. The first-order valence-electron chi connectivity index (χ1n) is 6.22. The van der Waals surface area contributed by atoms with Crippen LogP contribution in [0.15, 0.2) is 22.7 Å². The Kier molecular flexibility index (Phi) is 4.10. The molecule has 0 radical (unpaired) electrons. The van der Waals surface area contributed by atoms with E-state index in [1.807, 2.05) is 6.07 Å². The van der Waals surface area contributed by atoms with Gasteiger partial charge in [-0.1, -0.05) is 28.8 Å². The van der Waals surface area contributed by atoms with Gasteiger partial charge in [0.2, 0.25) is 0 Å². The minimum Gasteiger partial charge on any atom is -0.497 e. The molecular formula is C14H20BrNO. The molecule has 94 valence electrons. The molecule has 0 bridgehead atoms. The minimum atomic E-state index is 0.314. The van der Waals surface area contributed by atoms with Gasteiger partial charge in [-0.05, 0) is 55.0 Å². The molecule has 2 N–H and O–H groups in total. The second-order valence-corrected chi connectivity index (χ2v) is 5.90. The highest BCUT2D eigenvalue weighted by Gasteiger charge is 2.33. The molecule has 1 aromatic carbocycles. The topological polar surface area (TPSA) is 35.2 Å². The van der Waals surface area contributed by atoms with Crippen molar-refractivity contribution in [2.45, 2.75) is 32.1 Å². The van der Waals surface area contributed by atoms with Gasteiger partial charge in [-0.2, -0.15) is 0 Å². The maximum Gasteiger partial charge on any atom is 0.119 e. The first-order chi connectivity index (χ1) is 8.19. The average Bonchev–Trinajstić information content (AvgIpc) is 2.81. The van der Waals surface area contributed by atoms with Crippen molar-refractivity contribution in [3.05, 3.63) is 28.2 Å². The molecule has 0 heterocycles. The van der Waals surface area contributed by atoms with E-state index in [0.717, 1.165) is 23.2 Å². The van der Waals surface area contributed by atoms with Crippen LogP contribution in [0.3, 0.4) is 0 Å². The molecule has 0 aromatic heterocycles. The molecule has 17 heavy (non-hydrogen) atoms. The number of ether oxygens (including phenoxy) is 1. The van der Waals surface area contributed by atoms with Gasteiger partial charge in [0.25, 0.3) is 0 Å². The second kappa shape index (κ2) is 5.40. The number of rotatable bonds is 4. The Morgan fingerprint density at radius 3 is 2.65 bits per heavy atom. The third-order valence-electron chi connectivity index (χ3n) is 3.92. The summed E-state index contributed by atoms with van der Waals surface area (Å²) in [5.41, 5.74) is 7.62. The Labute approximate surface area is 112 Å². The van der Waals surface area contributed by atoms with Crippen molar-refractivity contribution in [3.8, 4) is 5.75 Å². The van der Waals surface area contributed by atoms with Gasteiger partial charge in [-0.15, -0.1) is 0 Å². The molecule has 0 spiro atoms. The number of halogens is 1. The van der Waals surface area contributed by atoms with Crippen molar-refractivity contribution in [2.75, 3.05) is 13.7 Å². The summed E-state index contributed by atoms with van der Waals surface area (Å²) < 4.78 is 6.45. The van der Waals surface area contributed by atoms with Gasteiger partial charge in [-0.3, -0.25) is 0 Å². The highest BCUT2D eigenvalue weighted by Crippen LogP contribution is 2.41. The average molecular weight is 298 g/mol. The van der Waals surface area contributed by atoms with Gasteiger partial charge in [0.1, 0.15) is 5.75 Å². The zero-order chi connectivity index (χ0) is 12.3. The molecule has 1 aliphatic rings. The molecular weight excluding hydrogens is 278 g/mol. The second-order valence-electron chi connectivity index (χ2n) is 5.05. The molecule has 1 aromatic rings. The summed E-state index contributed by atoms with van der Waals surface area (Å²) in [6, 6.07) is 6.17. The number of benzene rings is 1. The van der Waals surface area contributed by atoms with Crippen LogP contribution in [-0.4, -0.2) is 13.7 Å². The highest BCUT2D eigenvalue weighted by molar-refractivity contribution is 9.10. The Balaban J connectivity index is 2.22. The van der Waals surface area contributed by atoms with Crippen molar-refractivity contribution < 1.29 is 4.74 Å². The zero-order valence-corrected chi connectivity index (χ0v) is 11.9. The lowest BCUT2D eigenvalue weighted by molar-refractivity contribution is 0.305. The molecule has 0 saturated heterocycles. The Morgan fingerprint density at radius 2 is 2.06 bits per heavy atom. The van der Waals surface area contributed by atoms with Crippen molar-refractivity contribution in [1.29, 1.82) is 0 Å². The zero-order valence-electron chi connectivity index (χ0n) is 10.3. The van der Waals surface area contributed by atoms with Gasteiger partial charge in [0.05, 0.1) is 7.11 Å². The summed E-state index contributed by atoms with van der Waals surface area (Å²) in [6.07, 6.45) is 6.21. The van der Waals surface area contributed by atoms with Crippen LogP contribution in [0, 0.1) is 5.41 Å². The summed E-state index contributed by atoms with van der Waals surface area (Å²) in [6.45, 7) is 0.788. The van der Waals surface area contributed by atoms with E-state index in [1.165, 1.54) is 31.2 Å². The van der Waals surface area contributed by atoms with E-state index < -0.39 is 0 Å². The van der Waals surface area contributed by atoms with Gasteiger partial charge in [0, 0.05) is 4.47 Å². The molecule has 3 heteroatoms. The predicted octanol–water partition coefficient (Wildman–Crippen LogP) is 3.52. The summed E-state index contributed by atoms with van der Waals surface area (Å²) in [5.74, 6) is 0.924. The number of nitrogens with two attached hydrogens (primary N) is 1. The summed E-state index contributed by atoms with van der Waals surface area (Å²) >= 11 is 3.62. The van der Waals surface area contributed by atoms with E-state index >= 15 is 0 Å². The maximum atomic E-state index is 5.99. The van der Waals surface area contributed by atoms with Crippen LogP contribution in [0.1, 0.15) is 31.2 Å². The molecule has 0 aliphatic heterocycles. The third-order valence-corrected chi connectivity index (χ3v) is 4.69. The molecule has 1 saturated carbocycles. The van der Waals surface area contributed by atoms with E-state index in [4.69, 9.17) is 10.5 Å². The minimum absolute atomic E-state index is 0.314. The summed E-state index contributed by atoms with van der Waals surface area (Å²) in [5, 5.41) is 0. The van der Waals surface area contributed by atoms with Crippen molar-refractivity contribution >= 4 is 15.9 Å². The van der Waals surface area contributed by atoms with Crippen LogP contribution in [0.2, 0.25) is 0 Å². The molecule has 1 fully saturated rings. The molecule has 1 aliphatic carbocycles. The van der Waals surface area contributed by atoms with E-state index in [9.17, 15) is 0 Å². The molecule has 0 unspecified atom stereocenters. The van der Waals surface area contributed by atoms with E-state index in [-0.39, 0.29) is 0 Å². The predicted molar refractivity (Wildman–Crippen MR) is 74.4 cm³/mol. The third kappa shape index (κ3) is 2.83. The molecule has 0 amide bonds. The molecule has 0 atom stereocenters. The lowest BCUT2D eigenvalue weighted by atomic mass is 9.80. The first kappa shape index (κ1) is 12.9. The monoisotopic (exact) mass is 297 g/mol. The first-order valence-corrected chi connectivity index (χ1v) is 7.01. The Morgan fingerprint density at radius 1 is 1.35 bits per heavy atom. The van der Waals surface area contributed by atoms with E-state index in [0.29, 0.717) is 5.41 Å². The van der Waals surface area contributed by atoms with Crippen LogP contribution < -0.4 is 10.5 Å². The summed E-state index contributed by atoms with van der Waals surface area (Å²) in [4.78, 5) is 0. The summed E-state index contributed by atoms with van der Waals surface area (Å²) in [7, 11) is 1.71. The lowest BCUT2D eigenvalue weighted by Crippen LogP contribution is -2.29. The fourth-order valence-electron chi connectivity index (χ4n) is 2.80. The number of hydrogen-bond donors (Lipinski definition) is 1. The van der Waals surface area contributed by atoms with Crippen LogP contribution in [-0.2, 0) is 6.42 Å². The highest BCUT2D eigenvalue weighted by atomic mass is 79.9. The van der Waals surface area contributed by atoms with Crippen molar-refractivity contribution in [1.82, 2.24) is 0 Å². The largest absolute Gasteiger partial charge is 0.497 e. The SMILES string of the molecule is COc1ccc(Br)c(CC2(CN)CCCC2)c1. The number of methoxy groups -OCH3 is 1. The van der Waals surface area contributed by atoms with Gasteiger partial charge < -0.3 is 10.5 Å². The van der Waals surface area contributed by atoms with Gasteiger partial charge >= 0.3 is 0 Å². The maximum absolute atomic E-state index is 5.99. The molecule has 2 nitrogen and oxygen atoms in total. The van der Waals surface area contributed by atoms with Crippen molar-refractivity contribution in [3.63, 3.8) is 0 Å². The smallest absolute Gasteiger partial charge is 0.119 e. The van der Waals surface area contributed by atoms with E-state index in [2.05, 4.69) is 28.1 Å². The fourth-order valence-corrected chi connectivity index (χ4v) is 3.18. The Hall–Kier alpha value is -0.540. The van der Waals surface area contributed by atoms with Crippen LogP contribution >= 0.6 is 15.9 Å². The quantitative estimate of drug-likeness (QED) is 0.923.